The number of hydrogen-bond acceptors (Lipinski definition) is 4. The zero-order chi connectivity index (χ0) is 4.50. The second-order valence-electron chi connectivity index (χ2n) is 0.408. The Hall–Kier alpha value is 2.92. The summed E-state index contributed by atoms with van der Waals surface area (Å²) < 4.78 is 34.1. The van der Waals surface area contributed by atoms with Crippen LogP contribution in [0.15, 0.2) is 0 Å². The predicted molar refractivity (Wildman–Crippen MR) is 24.8 cm³/mol. The van der Waals surface area contributed by atoms with Gasteiger partial charge in [-0.15, -0.1) is 0 Å². The molecule has 0 saturated heterocycles. The molecule has 0 radical (unpaired) electrons. The fourth-order valence-corrected chi connectivity index (χ4v) is 0. The first-order valence-corrected chi connectivity index (χ1v) is 2.00. The molecule has 0 atom stereocenters. The Labute approximate surface area is 119 Å². The fraction of sp³-hybridized carbons (Fsp3) is 0. The van der Waals surface area contributed by atoms with E-state index in [1.54, 1.807) is 0 Å². The van der Waals surface area contributed by atoms with E-state index in [1.165, 1.54) is 0 Å². The first-order chi connectivity index (χ1) is 2.00. The van der Waals surface area contributed by atoms with E-state index in [2.05, 4.69) is 0 Å². The van der Waals surface area contributed by atoms with Crippen LogP contribution in [0.5, 0.6) is 0 Å². The molecule has 0 saturated carbocycles. The summed E-state index contributed by atoms with van der Waals surface area (Å²) in [5.74, 6) is 0. The minimum atomic E-state index is -5.17. The van der Waals surface area contributed by atoms with Crippen molar-refractivity contribution in [3.05, 3.63) is 0 Å². The second-order valence-corrected chi connectivity index (χ2v) is 1.22. The van der Waals surface area contributed by atoms with Crippen LogP contribution >= 0.6 is 0 Å². The predicted octanol–water partition coefficient (Wildman–Crippen LogP) is -2.63. The van der Waals surface area contributed by atoms with E-state index in [9.17, 15) is 0 Å². The van der Waals surface area contributed by atoms with E-state index in [4.69, 9.17) is 17.5 Å². The van der Waals surface area contributed by atoms with Gasteiger partial charge in [0.15, 0.2) is 0 Å². The van der Waals surface area contributed by atoms with Crippen LogP contribution in [0.25, 0.3) is 0 Å². The Morgan fingerprint density at radius 2 is 1.14 bits per heavy atom. The molecule has 0 heterocycles. The van der Waals surface area contributed by atoms with Crippen LogP contribution in [-0.2, 0) is 10.4 Å². The van der Waals surface area contributed by atoms with Gasteiger partial charge in [0.05, 0.1) is 0 Å². The van der Waals surface area contributed by atoms with E-state index < -0.39 is 10.4 Å². The normalized spacial score (nSPS) is 8.29. The third-order valence-electron chi connectivity index (χ3n) is 0. The van der Waals surface area contributed by atoms with Crippen molar-refractivity contribution in [3.8, 4) is 0 Å². The Bertz CT molecular complexity index is 94.9. The van der Waals surface area contributed by atoms with Gasteiger partial charge in [0.2, 0.25) is 0 Å². The van der Waals surface area contributed by atoms with Crippen molar-refractivity contribution in [2.24, 2.45) is 0 Å². The van der Waals surface area contributed by atoms with Crippen molar-refractivity contribution >= 4 is 105 Å². The van der Waals surface area contributed by atoms with E-state index in [1.807, 2.05) is 0 Å². The van der Waals surface area contributed by atoms with E-state index in [0.717, 1.165) is 0 Å². The monoisotopic (exact) mass is 324 g/mol. The van der Waals surface area contributed by atoms with Crippen molar-refractivity contribution in [2.45, 2.75) is 0 Å². The van der Waals surface area contributed by atoms with E-state index in [-0.39, 0.29) is 94.4 Å². The Morgan fingerprint density at radius 3 is 1.14 bits per heavy atom. The maximum absolute atomic E-state index is 8.52. The molecular weight excluding hydrogens is 321 g/mol. The van der Waals surface area contributed by atoms with Gasteiger partial charge in [-0.25, -0.2) is 0 Å². The van der Waals surface area contributed by atoms with Crippen molar-refractivity contribution in [1.29, 1.82) is 0 Å². The molecule has 0 aromatic carbocycles. The van der Waals surface area contributed by atoms with Gasteiger partial charge in [-0.1, -0.05) is 0 Å². The van der Waals surface area contributed by atoms with Crippen molar-refractivity contribution in [1.82, 2.24) is 0 Å². The van der Waals surface area contributed by atoms with Crippen LogP contribution in [0.2, 0.25) is 0 Å². The molecule has 7 heteroatoms. The summed E-state index contributed by atoms with van der Waals surface area (Å²) in [5, 5.41) is 0. The van der Waals surface area contributed by atoms with Gasteiger partial charge in [0.1, 0.15) is 0 Å². The summed E-state index contributed by atoms with van der Waals surface area (Å²) in [7, 11) is -5.17. The van der Waals surface area contributed by atoms with Crippen LogP contribution < -0.4 is 0 Å². The van der Waals surface area contributed by atoms with Gasteiger partial charge >= 0.3 is 94.4 Å². The van der Waals surface area contributed by atoms with Gasteiger partial charge in [-0.05, 0) is 0 Å². The molecule has 4 nitrogen and oxygen atoms in total. The molecule has 0 aliphatic rings. The van der Waals surface area contributed by atoms with Crippen LogP contribution in [-0.4, -0.2) is 112 Å². The van der Waals surface area contributed by atoms with Gasteiger partial charge in [0.25, 0.3) is 0 Å². The number of hydrogen-bond donors (Lipinski definition) is 0. The zero-order valence-corrected chi connectivity index (χ0v) is 8.01. The number of rotatable bonds is 0. The molecule has 0 unspecified atom stereocenters. The third-order valence-corrected chi connectivity index (χ3v) is 0. The fourth-order valence-electron chi connectivity index (χ4n) is 0. The SMILES string of the molecule is O=S(=O)([O-])[O-].[Ba+2].[SrH2]. The second kappa shape index (κ2) is 7.03. The minimum absolute atomic E-state index is 0. The van der Waals surface area contributed by atoms with Crippen molar-refractivity contribution in [2.75, 3.05) is 0 Å². The summed E-state index contributed by atoms with van der Waals surface area (Å²) in [6, 6.07) is 0. The van der Waals surface area contributed by atoms with Gasteiger partial charge in [0, 0.05) is 10.4 Å². The average Bonchev–Trinajstić information content (AvgIpc) is 0.722. The topological polar surface area (TPSA) is 80.3 Å². The average molecular weight is 323 g/mol. The van der Waals surface area contributed by atoms with Gasteiger partial charge < -0.3 is 9.11 Å². The molecule has 0 aromatic heterocycles. The molecular formula is H2BaO4SSr. The zero-order valence-electron chi connectivity index (χ0n) is 2.75. The summed E-state index contributed by atoms with van der Waals surface area (Å²) in [5.41, 5.74) is 0. The molecule has 0 aliphatic carbocycles. The third kappa shape index (κ3) is 50.1. The molecule has 7 heavy (non-hydrogen) atoms. The summed E-state index contributed by atoms with van der Waals surface area (Å²) >= 11 is 0. The standard InChI is InChI=1S/Ba.H2O4S.Sr.2H/c;1-5(2,3)4;;;/h;(H2,1,2,3,4);;;/q+2;;;;/p-2. The molecule has 0 spiro atoms. The first kappa shape index (κ1) is 16.5. The van der Waals surface area contributed by atoms with Gasteiger partial charge in [-0.2, -0.15) is 0 Å². The molecule has 0 rings (SSSR count). The molecule has 0 aromatic rings. The first-order valence-electron chi connectivity index (χ1n) is 0.667. The molecule has 0 fully saturated rings. The Balaban J connectivity index is -0.0000000800. The summed E-state index contributed by atoms with van der Waals surface area (Å²) in [6.07, 6.45) is 0. The Morgan fingerprint density at radius 1 is 1.14 bits per heavy atom. The molecule has 0 aliphatic heterocycles. The Kier molecular flexibility index (Phi) is 16.6. The summed E-state index contributed by atoms with van der Waals surface area (Å²) in [6.45, 7) is 0. The van der Waals surface area contributed by atoms with Gasteiger partial charge in [-0.3, -0.25) is 8.42 Å². The van der Waals surface area contributed by atoms with Crippen molar-refractivity contribution < 1.29 is 17.5 Å². The van der Waals surface area contributed by atoms with Crippen molar-refractivity contribution in [3.63, 3.8) is 0 Å². The van der Waals surface area contributed by atoms with E-state index >= 15 is 0 Å². The van der Waals surface area contributed by atoms with Crippen LogP contribution in [0, 0.1) is 0 Å². The summed E-state index contributed by atoms with van der Waals surface area (Å²) in [4.78, 5) is 0. The quantitative estimate of drug-likeness (QED) is 0.277. The van der Waals surface area contributed by atoms with Crippen LogP contribution in [0.1, 0.15) is 0 Å². The van der Waals surface area contributed by atoms with Crippen LogP contribution in [0.4, 0.5) is 0 Å². The molecule has 36 valence electrons. The van der Waals surface area contributed by atoms with E-state index in [0.29, 0.717) is 0 Å². The maximum atomic E-state index is 8.52. The molecule has 0 amide bonds. The van der Waals surface area contributed by atoms with Crippen LogP contribution in [0.3, 0.4) is 0 Å². The molecule has 0 N–H and O–H groups in total. The molecule has 0 bridgehead atoms.